The predicted molar refractivity (Wildman–Crippen MR) is 45.8 cm³/mol. The van der Waals surface area contributed by atoms with E-state index in [1.54, 1.807) is 25.1 Å². The van der Waals surface area contributed by atoms with E-state index in [1.165, 1.54) is 0 Å². The Bertz CT molecular complexity index is 356. The molecule has 0 aromatic heterocycles. The Kier molecular flexibility index (Phi) is 2.49. The number of carbonyl (C=O) groups is 1. The molecule has 2 nitrogen and oxygen atoms in total. The Labute approximate surface area is 70.8 Å². The molecule has 0 spiro atoms. The third kappa shape index (κ3) is 1.86. The van der Waals surface area contributed by atoms with E-state index in [2.05, 4.69) is 11.8 Å². The second-order valence-corrected chi connectivity index (χ2v) is 2.39. The molecule has 60 valence electrons. The minimum atomic E-state index is 0.242. The molecule has 12 heavy (non-hydrogen) atoms. The third-order valence-corrected chi connectivity index (χ3v) is 1.47. The molecule has 0 aliphatic carbocycles. The number of carbonyl (C=O) groups excluding carboxylic acids is 1. The summed E-state index contributed by atoms with van der Waals surface area (Å²) < 4.78 is 0. The maximum Gasteiger partial charge on any atom is 0.193 e. The van der Waals surface area contributed by atoms with Crippen LogP contribution < -0.4 is 0 Å². The average Bonchev–Trinajstić information content (AvgIpc) is 2.07. The Balaban J connectivity index is 3.04. The van der Waals surface area contributed by atoms with E-state index in [0.29, 0.717) is 6.29 Å². The molecule has 0 aliphatic rings. The van der Waals surface area contributed by atoms with Crippen LogP contribution in [0.1, 0.15) is 11.1 Å². The predicted octanol–water partition coefficient (Wildman–Crippen LogP) is 1.25. The molecular formula is C10H8O2. The summed E-state index contributed by atoms with van der Waals surface area (Å²) in [7, 11) is 0. The largest absolute Gasteiger partial charge is 0.508 e. The Hall–Kier alpha value is -1.75. The Morgan fingerprint density at radius 3 is 2.83 bits per heavy atom. The number of benzene rings is 1. The first-order chi connectivity index (χ1) is 5.74. The minimum Gasteiger partial charge on any atom is -0.508 e. The van der Waals surface area contributed by atoms with Crippen molar-refractivity contribution in [1.29, 1.82) is 0 Å². The summed E-state index contributed by atoms with van der Waals surface area (Å²) >= 11 is 0. The fraction of sp³-hybridized carbons (Fsp3) is 0.100. The molecule has 2 heteroatoms. The van der Waals surface area contributed by atoms with Crippen molar-refractivity contribution in [2.24, 2.45) is 0 Å². The highest BCUT2D eigenvalue weighted by Crippen LogP contribution is 2.15. The third-order valence-electron chi connectivity index (χ3n) is 1.47. The number of phenols is 1. The van der Waals surface area contributed by atoms with Crippen molar-refractivity contribution in [3.63, 3.8) is 0 Å². The molecule has 0 atom stereocenters. The number of aldehydes is 1. The fourth-order valence-electron chi connectivity index (χ4n) is 0.846. The van der Waals surface area contributed by atoms with Crippen LogP contribution in [0.15, 0.2) is 18.2 Å². The van der Waals surface area contributed by atoms with E-state index < -0.39 is 0 Å². The number of aromatic hydroxyl groups is 1. The van der Waals surface area contributed by atoms with Crippen LogP contribution in [0.3, 0.4) is 0 Å². The van der Waals surface area contributed by atoms with Gasteiger partial charge in [0.15, 0.2) is 6.29 Å². The highest BCUT2D eigenvalue weighted by atomic mass is 16.3. The van der Waals surface area contributed by atoms with Gasteiger partial charge in [0.1, 0.15) is 5.75 Å². The molecular weight excluding hydrogens is 152 g/mol. The first-order valence-electron chi connectivity index (χ1n) is 3.49. The van der Waals surface area contributed by atoms with Gasteiger partial charge in [-0.05, 0) is 36.6 Å². The second kappa shape index (κ2) is 3.59. The number of phenolic OH excluding ortho intramolecular Hbond substituents is 1. The quantitative estimate of drug-likeness (QED) is 0.458. The van der Waals surface area contributed by atoms with E-state index in [0.717, 1.165) is 11.1 Å². The van der Waals surface area contributed by atoms with Gasteiger partial charge in [-0.1, -0.05) is 5.92 Å². The summed E-state index contributed by atoms with van der Waals surface area (Å²) in [4.78, 5) is 9.91. The lowest BCUT2D eigenvalue weighted by Gasteiger charge is -1.96. The molecule has 0 amide bonds. The lowest BCUT2D eigenvalue weighted by Crippen LogP contribution is -1.78. The van der Waals surface area contributed by atoms with E-state index in [9.17, 15) is 4.79 Å². The molecule has 1 rings (SSSR count). The number of aryl methyl sites for hydroxylation is 1. The lowest BCUT2D eigenvalue weighted by atomic mass is 10.1. The van der Waals surface area contributed by atoms with Gasteiger partial charge in [-0.3, -0.25) is 4.79 Å². The maximum absolute atomic E-state index is 9.91. The van der Waals surface area contributed by atoms with Gasteiger partial charge in [0.25, 0.3) is 0 Å². The van der Waals surface area contributed by atoms with Gasteiger partial charge in [0.2, 0.25) is 0 Å². The molecule has 1 aromatic rings. The molecule has 0 radical (unpaired) electrons. The van der Waals surface area contributed by atoms with Gasteiger partial charge in [-0.2, -0.15) is 0 Å². The van der Waals surface area contributed by atoms with Crippen molar-refractivity contribution in [3.05, 3.63) is 29.3 Å². The highest BCUT2D eigenvalue weighted by molar-refractivity contribution is 5.74. The van der Waals surface area contributed by atoms with Crippen LogP contribution in [-0.2, 0) is 4.79 Å². The fourth-order valence-corrected chi connectivity index (χ4v) is 0.846. The van der Waals surface area contributed by atoms with Crippen LogP contribution >= 0.6 is 0 Å². The number of hydrogen-bond acceptors (Lipinski definition) is 2. The van der Waals surface area contributed by atoms with Crippen LogP contribution in [-0.4, -0.2) is 11.4 Å². The molecule has 1 aromatic carbocycles. The molecule has 0 saturated carbocycles. The average molecular weight is 160 g/mol. The summed E-state index contributed by atoms with van der Waals surface area (Å²) in [5.41, 5.74) is 1.49. The molecule has 0 fully saturated rings. The van der Waals surface area contributed by atoms with E-state index in [1.807, 2.05) is 0 Å². The Morgan fingerprint density at radius 1 is 1.50 bits per heavy atom. The van der Waals surface area contributed by atoms with Gasteiger partial charge in [-0.15, -0.1) is 0 Å². The summed E-state index contributed by atoms with van der Waals surface area (Å²) in [6.07, 6.45) is 0.544. The van der Waals surface area contributed by atoms with E-state index >= 15 is 0 Å². The normalized spacial score (nSPS) is 8.42. The zero-order chi connectivity index (χ0) is 8.97. The van der Waals surface area contributed by atoms with Crippen molar-refractivity contribution in [2.45, 2.75) is 6.92 Å². The monoisotopic (exact) mass is 160 g/mol. The van der Waals surface area contributed by atoms with Crippen LogP contribution in [0.4, 0.5) is 0 Å². The topological polar surface area (TPSA) is 37.3 Å². The van der Waals surface area contributed by atoms with Crippen molar-refractivity contribution >= 4 is 6.29 Å². The van der Waals surface area contributed by atoms with Gasteiger partial charge in [0, 0.05) is 5.56 Å². The Morgan fingerprint density at radius 2 is 2.25 bits per heavy atom. The molecule has 0 bridgehead atoms. The van der Waals surface area contributed by atoms with Crippen molar-refractivity contribution in [1.82, 2.24) is 0 Å². The second-order valence-electron chi connectivity index (χ2n) is 2.39. The summed E-state index contributed by atoms with van der Waals surface area (Å²) in [6.45, 7) is 1.78. The zero-order valence-corrected chi connectivity index (χ0v) is 6.66. The highest BCUT2D eigenvalue weighted by Gasteiger charge is 1.94. The van der Waals surface area contributed by atoms with Crippen LogP contribution in [0.5, 0.6) is 5.75 Å². The first kappa shape index (κ1) is 8.35. The van der Waals surface area contributed by atoms with Crippen LogP contribution in [0.2, 0.25) is 0 Å². The molecule has 0 heterocycles. The number of rotatable bonds is 0. The molecule has 0 aliphatic heterocycles. The lowest BCUT2D eigenvalue weighted by molar-refractivity contribution is -0.103. The van der Waals surface area contributed by atoms with Crippen LogP contribution in [0.25, 0.3) is 0 Å². The minimum absolute atomic E-state index is 0.242. The smallest absolute Gasteiger partial charge is 0.193 e. The maximum atomic E-state index is 9.91. The van der Waals surface area contributed by atoms with Gasteiger partial charge in [-0.25, -0.2) is 0 Å². The summed E-state index contributed by atoms with van der Waals surface area (Å²) in [5, 5.41) is 9.15. The number of hydrogen-bond donors (Lipinski definition) is 1. The summed E-state index contributed by atoms with van der Waals surface area (Å²) in [5.74, 6) is 5.17. The molecule has 0 saturated heterocycles. The van der Waals surface area contributed by atoms with Crippen molar-refractivity contribution in [2.75, 3.05) is 0 Å². The van der Waals surface area contributed by atoms with Crippen molar-refractivity contribution < 1.29 is 9.90 Å². The van der Waals surface area contributed by atoms with Crippen LogP contribution in [0, 0.1) is 18.8 Å². The first-order valence-corrected chi connectivity index (χ1v) is 3.49. The SMILES string of the molecule is Cc1cc(C#CC=O)ccc1O. The summed E-state index contributed by atoms with van der Waals surface area (Å²) in [6, 6.07) is 4.95. The van der Waals surface area contributed by atoms with Gasteiger partial charge < -0.3 is 5.11 Å². The zero-order valence-electron chi connectivity index (χ0n) is 6.66. The van der Waals surface area contributed by atoms with Gasteiger partial charge in [0.05, 0.1) is 0 Å². The molecule has 1 N–H and O–H groups in total. The molecule has 0 unspecified atom stereocenters. The van der Waals surface area contributed by atoms with E-state index in [-0.39, 0.29) is 5.75 Å². The standard InChI is InChI=1S/C10H8O2/c1-8-7-9(3-2-6-11)4-5-10(8)12/h4-7,12H,1H3. The van der Waals surface area contributed by atoms with Crippen molar-refractivity contribution in [3.8, 4) is 17.6 Å². The van der Waals surface area contributed by atoms with Gasteiger partial charge >= 0.3 is 0 Å². The van der Waals surface area contributed by atoms with E-state index in [4.69, 9.17) is 5.11 Å².